The maximum atomic E-state index is 12.9. The van der Waals surface area contributed by atoms with E-state index in [4.69, 9.17) is 5.73 Å². The van der Waals surface area contributed by atoms with Gasteiger partial charge >= 0.3 is 12.2 Å². The Hall–Kier alpha value is -4.68. The number of aromatic hydroxyl groups is 1. The number of amides is 2. The SMILES string of the molecule is Nc1ncnc2c1c(=O)ccn2-c1ccc(NC(=O)Nc2cnc(O)c(C(F)(F)F)c2)cc1. The number of nitrogens with one attached hydrogen (secondary N) is 2. The van der Waals surface area contributed by atoms with Gasteiger partial charge in [-0.05, 0) is 30.3 Å². The second-order valence-electron chi connectivity index (χ2n) is 6.73. The molecule has 10 nitrogen and oxygen atoms in total. The number of urea groups is 1. The third-order valence-electron chi connectivity index (χ3n) is 4.54. The highest BCUT2D eigenvalue weighted by Gasteiger charge is 2.35. The molecule has 0 atom stereocenters. The molecule has 4 rings (SSSR count). The van der Waals surface area contributed by atoms with E-state index in [0.717, 1.165) is 6.20 Å². The standard InChI is InChI=1S/C20H14F3N7O3/c21-20(22,23)13-7-11(8-25-18(13)32)29-19(33)28-10-1-3-12(4-2-10)30-6-5-14(31)15-16(24)26-9-27-17(15)30/h1-9H,(H,25,32)(H2,24,26,27)(H2,28,29,33). The van der Waals surface area contributed by atoms with E-state index in [9.17, 15) is 27.9 Å². The molecule has 0 bridgehead atoms. The molecule has 0 fully saturated rings. The summed E-state index contributed by atoms with van der Waals surface area (Å²) in [6.45, 7) is 0. The number of alkyl halides is 3. The minimum Gasteiger partial charge on any atom is -0.493 e. The van der Waals surface area contributed by atoms with Gasteiger partial charge in [0.15, 0.2) is 11.1 Å². The van der Waals surface area contributed by atoms with Gasteiger partial charge in [0.25, 0.3) is 0 Å². The van der Waals surface area contributed by atoms with E-state index < -0.39 is 23.7 Å². The molecular formula is C20H14F3N7O3. The van der Waals surface area contributed by atoms with E-state index in [0.29, 0.717) is 23.1 Å². The Balaban J connectivity index is 1.53. The molecular weight excluding hydrogens is 443 g/mol. The van der Waals surface area contributed by atoms with Crippen LogP contribution in [0.1, 0.15) is 5.56 Å². The minimum atomic E-state index is -4.83. The molecule has 33 heavy (non-hydrogen) atoms. The van der Waals surface area contributed by atoms with Crippen molar-refractivity contribution in [2.75, 3.05) is 16.4 Å². The van der Waals surface area contributed by atoms with Crippen molar-refractivity contribution >= 4 is 34.3 Å². The fourth-order valence-corrected chi connectivity index (χ4v) is 3.05. The molecule has 13 heteroatoms. The van der Waals surface area contributed by atoms with Crippen molar-refractivity contribution in [2.45, 2.75) is 6.18 Å². The lowest BCUT2D eigenvalue weighted by Gasteiger charge is -2.13. The Bertz CT molecular complexity index is 1420. The smallest absolute Gasteiger partial charge is 0.421 e. The molecule has 4 aromatic rings. The van der Waals surface area contributed by atoms with Crippen LogP contribution in [0.2, 0.25) is 0 Å². The molecule has 2 amide bonds. The third-order valence-corrected chi connectivity index (χ3v) is 4.54. The molecule has 0 aliphatic rings. The van der Waals surface area contributed by atoms with Gasteiger partial charge in [0.2, 0.25) is 5.88 Å². The number of nitrogens with zero attached hydrogens (tertiary/aromatic N) is 4. The predicted octanol–water partition coefficient (Wildman–Crippen LogP) is 3.13. The highest BCUT2D eigenvalue weighted by Crippen LogP contribution is 2.35. The summed E-state index contributed by atoms with van der Waals surface area (Å²) in [7, 11) is 0. The zero-order chi connectivity index (χ0) is 23.8. The van der Waals surface area contributed by atoms with Gasteiger partial charge in [0.05, 0.1) is 11.9 Å². The maximum absolute atomic E-state index is 12.9. The number of aromatic nitrogens is 4. The number of rotatable bonds is 3. The molecule has 0 aliphatic heterocycles. The number of fused-ring (bicyclic) bond motifs is 1. The monoisotopic (exact) mass is 457 g/mol. The van der Waals surface area contributed by atoms with Gasteiger partial charge < -0.3 is 26.0 Å². The summed E-state index contributed by atoms with van der Waals surface area (Å²) in [5, 5.41) is 14.1. The van der Waals surface area contributed by atoms with Crippen LogP contribution in [0, 0.1) is 0 Å². The fourth-order valence-electron chi connectivity index (χ4n) is 3.05. The number of hydrogen-bond donors (Lipinski definition) is 4. The van der Waals surface area contributed by atoms with Crippen LogP contribution in [0.15, 0.2) is 59.9 Å². The van der Waals surface area contributed by atoms with Crippen LogP contribution >= 0.6 is 0 Å². The molecule has 0 spiro atoms. The van der Waals surface area contributed by atoms with Crippen molar-refractivity contribution in [3.63, 3.8) is 0 Å². The van der Waals surface area contributed by atoms with E-state index in [1.165, 1.54) is 18.6 Å². The number of nitrogen functional groups attached to an aromatic ring is 1. The van der Waals surface area contributed by atoms with Gasteiger partial charge in [-0.25, -0.2) is 19.7 Å². The van der Waals surface area contributed by atoms with Crippen LogP contribution in [0.25, 0.3) is 16.7 Å². The zero-order valence-corrected chi connectivity index (χ0v) is 16.5. The first-order valence-corrected chi connectivity index (χ1v) is 9.20. The summed E-state index contributed by atoms with van der Waals surface area (Å²) in [4.78, 5) is 35.4. The summed E-state index contributed by atoms with van der Waals surface area (Å²) in [6.07, 6.45) is -1.19. The predicted molar refractivity (Wildman–Crippen MR) is 113 cm³/mol. The number of benzene rings is 1. The van der Waals surface area contributed by atoms with Crippen LogP contribution in [0.5, 0.6) is 5.88 Å². The lowest BCUT2D eigenvalue weighted by atomic mass is 10.2. The van der Waals surface area contributed by atoms with Crippen LogP contribution < -0.4 is 21.8 Å². The van der Waals surface area contributed by atoms with E-state index in [1.54, 1.807) is 28.8 Å². The molecule has 0 unspecified atom stereocenters. The van der Waals surface area contributed by atoms with Gasteiger partial charge in [-0.2, -0.15) is 13.2 Å². The molecule has 3 aromatic heterocycles. The minimum absolute atomic E-state index is 0.0479. The van der Waals surface area contributed by atoms with Gasteiger partial charge in [-0.1, -0.05) is 0 Å². The van der Waals surface area contributed by atoms with Crippen molar-refractivity contribution in [3.05, 3.63) is 70.9 Å². The number of anilines is 3. The van der Waals surface area contributed by atoms with Crippen LogP contribution in [0.4, 0.5) is 35.2 Å². The van der Waals surface area contributed by atoms with Crippen molar-refractivity contribution in [1.82, 2.24) is 19.5 Å². The van der Waals surface area contributed by atoms with Gasteiger partial charge in [0.1, 0.15) is 23.1 Å². The second-order valence-corrected chi connectivity index (χ2v) is 6.73. The van der Waals surface area contributed by atoms with Crippen LogP contribution in [-0.4, -0.2) is 30.7 Å². The largest absolute Gasteiger partial charge is 0.493 e. The molecule has 3 heterocycles. The summed E-state index contributed by atoms with van der Waals surface area (Å²) < 4.78 is 40.2. The number of pyridine rings is 2. The van der Waals surface area contributed by atoms with Gasteiger partial charge in [0, 0.05) is 23.6 Å². The lowest BCUT2D eigenvalue weighted by Crippen LogP contribution is -2.20. The maximum Gasteiger partial charge on any atom is 0.421 e. The lowest BCUT2D eigenvalue weighted by molar-refractivity contribution is -0.139. The summed E-state index contributed by atoms with van der Waals surface area (Å²) >= 11 is 0. The normalized spacial score (nSPS) is 11.4. The van der Waals surface area contributed by atoms with Crippen molar-refractivity contribution in [2.24, 2.45) is 0 Å². The van der Waals surface area contributed by atoms with E-state index >= 15 is 0 Å². The molecule has 0 aliphatic carbocycles. The summed E-state index contributed by atoms with van der Waals surface area (Å²) in [6, 6.07) is 7.41. The average Bonchev–Trinajstić information content (AvgIpc) is 2.75. The molecule has 168 valence electrons. The first-order chi connectivity index (χ1) is 15.6. The van der Waals surface area contributed by atoms with Crippen molar-refractivity contribution in [1.29, 1.82) is 0 Å². The molecule has 1 aromatic carbocycles. The number of halogens is 3. The zero-order valence-electron chi connectivity index (χ0n) is 16.5. The van der Waals surface area contributed by atoms with Crippen LogP contribution in [-0.2, 0) is 6.18 Å². The number of carbonyl (C=O) groups excluding carboxylic acids is 1. The number of hydrogen-bond acceptors (Lipinski definition) is 7. The highest BCUT2D eigenvalue weighted by atomic mass is 19.4. The quantitative estimate of drug-likeness (QED) is 0.369. The van der Waals surface area contributed by atoms with Gasteiger partial charge in [-0.15, -0.1) is 0 Å². The molecule has 0 saturated carbocycles. The van der Waals surface area contributed by atoms with Gasteiger partial charge in [-0.3, -0.25) is 4.79 Å². The molecule has 0 radical (unpaired) electrons. The Labute approximate surface area is 182 Å². The fraction of sp³-hybridized carbons (Fsp3) is 0.0500. The number of carbonyl (C=O) groups is 1. The average molecular weight is 457 g/mol. The Morgan fingerprint density at radius 2 is 1.73 bits per heavy atom. The third kappa shape index (κ3) is 4.37. The molecule has 0 saturated heterocycles. The second kappa shape index (κ2) is 8.11. The molecule has 5 N–H and O–H groups in total. The topological polar surface area (TPSA) is 148 Å². The van der Waals surface area contributed by atoms with E-state index in [1.807, 2.05) is 0 Å². The first kappa shape index (κ1) is 21.5. The highest BCUT2D eigenvalue weighted by molar-refractivity contribution is 5.99. The Morgan fingerprint density at radius 1 is 1.03 bits per heavy atom. The Morgan fingerprint density at radius 3 is 2.42 bits per heavy atom. The number of nitrogens with two attached hydrogens (primary N) is 1. The van der Waals surface area contributed by atoms with Crippen molar-refractivity contribution in [3.8, 4) is 11.6 Å². The summed E-state index contributed by atoms with van der Waals surface area (Å²) in [5.74, 6) is -1.14. The van der Waals surface area contributed by atoms with Crippen molar-refractivity contribution < 1.29 is 23.1 Å². The van der Waals surface area contributed by atoms with E-state index in [2.05, 4.69) is 25.6 Å². The Kier molecular flexibility index (Phi) is 5.29. The summed E-state index contributed by atoms with van der Waals surface area (Å²) in [5.41, 5.74) is 5.06. The van der Waals surface area contributed by atoms with E-state index in [-0.39, 0.29) is 22.3 Å². The van der Waals surface area contributed by atoms with Crippen LogP contribution in [0.3, 0.4) is 0 Å². The first-order valence-electron chi connectivity index (χ1n) is 9.20.